The molecule has 0 aliphatic heterocycles. The summed E-state index contributed by atoms with van der Waals surface area (Å²) < 4.78 is 5.00. The van der Waals surface area contributed by atoms with E-state index in [4.69, 9.17) is 4.74 Å². The van der Waals surface area contributed by atoms with Crippen molar-refractivity contribution >= 4 is 5.97 Å². The summed E-state index contributed by atoms with van der Waals surface area (Å²) in [4.78, 5) is 10.7. The molecule has 0 atom stereocenters. The Morgan fingerprint density at radius 1 is 1.36 bits per heavy atom. The van der Waals surface area contributed by atoms with E-state index < -0.39 is 0 Å². The predicted octanol–water partition coefficient (Wildman–Crippen LogP) is 2.21. The van der Waals surface area contributed by atoms with Gasteiger partial charge in [0.25, 0.3) is 0 Å². The summed E-state index contributed by atoms with van der Waals surface area (Å²) in [6.07, 6.45) is 7.59. The Kier molecular flexibility index (Phi) is 3.14. The minimum Gasteiger partial charge on any atom is -0.452 e. The molecule has 1 rings (SSSR count). The van der Waals surface area contributed by atoms with E-state index in [2.05, 4.69) is 6.58 Å². The molecule has 0 aromatic heterocycles. The molecular weight excluding hydrogens is 140 g/mol. The second-order valence-corrected chi connectivity index (χ2v) is 2.72. The predicted molar refractivity (Wildman–Crippen MR) is 42.6 cm³/mol. The van der Waals surface area contributed by atoms with Crippen LogP contribution < -0.4 is 0 Å². The van der Waals surface area contributed by atoms with E-state index in [1.54, 1.807) is 0 Å². The zero-order valence-electron chi connectivity index (χ0n) is 6.64. The van der Waals surface area contributed by atoms with Gasteiger partial charge in [-0.05, 0) is 25.7 Å². The fraction of sp³-hybridized carbons (Fsp3) is 0.556. The molecule has 0 aromatic carbocycles. The average molecular weight is 153 g/mol. The van der Waals surface area contributed by atoms with Gasteiger partial charge in [-0.25, -0.2) is 4.79 Å². The molecule has 2 heteroatoms. The first-order chi connectivity index (χ1) is 5.33. The van der Waals surface area contributed by atoms with Crippen LogP contribution in [-0.2, 0) is 9.53 Å². The molecule has 1 radical (unpaired) electrons. The zero-order valence-corrected chi connectivity index (χ0v) is 6.64. The second kappa shape index (κ2) is 4.16. The number of carbonyl (C=O) groups excluding carboxylic acids is 1. The first kappa shape index (κ1) is 8.31. The molecule has 2 nitrogen and oxygen atoms in total. The lowest BCUT2D eigenvalue weighted by molar-refractivity contribution is -0.137. The van der Waals surface area contributed by atoms with Crippen LogP contribution in [0.3, 0.4) is 0 Å². The third kappa shape index (κ3) is 2.74. The van der Waals surface area contributed by atoms with E-state index in [0.29, 0.717) is 0 Å². The van der Waals surface area contributed by atoms with Gasteiger partial charge in [-0.2, -0.15) is 0 Å². The molecule has 0 heterocycles. The molecule has 1 saturated carbocycles. The highest BCUT2D eigenvalue weighted by atomic mass is 16.5. The van der Waals surface area contributed by atoms with Crippen molar-refractivity contribution in [1.82, 2.24) is 0 Å². The minimum absolute atomic E-state index is 0.318. The number of esters is 1. The number of carbonyl (C=O) groups is 1. The van der Waals surface area contributed by atoms with Crippen LogP contribution in [0.5, 0.6) is 0 Å². The van der Waals surface area contributed by atoms with Crippen LogP contribution in [-0.4, -0.2) is 5.97 Å². The highest BCUT2D eigenvalue weighted by Crippen LogP contribution is 2.26. The SMILES string of the molecule is C=CC(=O)O[C]1CCCCC1. The smallest absolute Gasteiger partial charge is 0.330 e. The number of rotatable bonds is 2. The second-order valence-electron chi connectivity index (χ2n) is 2.72. The fourth-order valence-corrected chi connectivity index (χ4v) is 1.23. The summed E-state index contributed by atoms with van der Waals surface area (Å²) in [5.41, 5.74) is 0. The van der Waals surface area contributed by atoms with Crippen molar-refractivity contribution in [3.63, 3.8) is 0 Å². The lowest BCUT2D eigenvalue weighted by Crippen LogP contribution is -2.11. The molecule has 0 bridgehead atoms. The molecule has 0 aromatic rings. The van der Waals surface area contributed by atoms with Crippen molar-refractivity contribution in [3.05, 3.63) is 18.8 Å². The van der Waals surface area contributed by atoms with Crippen LogP contribution >= 0.6 is 0 Å². The van der Waals surface area contributed by atoms with Gasteiger partial charge < -0.3 is 4.74 Å². The van der Waals surface area contributed by atoms with E-state index in [0.717, 1.165) is 31.8 Å². The van der Waals surface area contributed by atoms with Gasteiger partial charge in [-0.3, -0.25) is 0 Å². The summed E-state index contributed by atoms with van der Waals surface area (Å²) in [6.45, 7) is 3.34. The van der Waals surface area contributed by atoms with Gasteiger partial charge in [0.15, 0.2) is 6.10 Å². The molecular formula is C9H13O2. The van der Waals surface area contributed by atoms with Crippen LogP contribution in [0.2, 0.25) is 0 Å². The Bertz CT molecular complexity index is 146. The van der Waals surface area contributed by atoms with Crippen molar-refractivity contribution in [3.8, 4) is 0 Å². The molecule has 11 heavy (non-hydrogen) atoms. The summed E-state index contributed by atoms with van der Waals surface area (Å²) in [5.74, 6) is -0.318. The third-order valence-corrected chi connectivity index (χ3v) is 1.82. The third-order valence-electron chi connectivity index (χ3n) is 1.82. The van der Waals surface area contributed by atoms with E-state index in [-0.39, 0.29) is 5.97 Å². The monoisotopic (exact) mass is 153 g/mol. The molecule has 1 aliphatic carbocycles. The van der Waals surface area contributed by atoms with Gasteiger partial charge in [-0.1, -0.05) is 13.0 Å². The minimum atomic E-state index is -0.318. The van der Waals surface area contributed by atoms with Gasteiger partial charge >= 0.3 is 5.97 Å². The standard InChI is InChI=1S/C9H13O2/c1-2-9(10)11-8-6-4-3-5-7-8/h2H,1,3-7H2. The van der Waals surface area contributed by atoms with Crippen LogP contribution in [0.1, 0.15) is 32.1 Å². The Hall–Kier alpha value is -0.790. The molecule has 0 saturated heterocycles. The normalized spacial score (nSPS) is 19.3. The van der Waals surface area contributed by atoms with Gasteiger partial charge in [0.05, 0.1) is 0 Å². The molecule has 0 N–H and O–H groups in total. The lowest BCUT2D eigenvalue weighted by atomic mass is 9.98. The molecule has 0 amide bonds. The first-order valence-corrected chi connectivity index (χ1v) is 4.02. The Morgan fingerprint density at radius 3 is 2.55 bits per heavy atom. The van der Waals surface area contributed by atoms with Crippen LogP contribution in [0.4, 0.5) is 0 Å². The fourth-order valence-electron chi connectivity index (χ4n) is 1.23. The van der Waals surface area contributed by atoms with Gasteiger partial charge in [0.1, 0.15) is 0 Å². The Labute approximate surface area is 67.2 Å². The van der Waals surface area contributed by atoms with E-state index in [9.17, 15) is 4.79 Å². The van der Waals surface area contributed by atoms with Crippen LogP contribution in [0.25, 0.3) is 0 Å². The highest BCUT2D eigenvalue weighted by molar-refractivity contribution is 5.81. The molecule has 1 aliphatic rings. The maximum absolute atomic E-state index is 10.7. The summed E-state index contributed by atoms with van der Waals surface area (Å²) >= 11 is 0. The summed E-state index contributed by atoms with van der Waals surface area (Å²) in [6, 6.07) is 0. The Morgan fingerprint density at radius 2 is 2.00 bits per heavy atom. The van der Waals surface area contributed by atoms with Gasteiger partial charge in [-0.15, -0.1) is 0 Å². The quantitative estimate of drug-likeness (QED) is 0.449. The molecule has 0 unspecified atom stereocenters. The number of ether oxygens (including phenoxy) is 1. The van der Waals surface area contributed by atoms with Crippen molar-refractivity contribution in [2.45, 2.75) is 32.1 Å². The zero-order chi connectivity index (χ0) is 8.10. The molecule has 1 fully saturated rings. The maximum atomic E-state index is 10.7. The van der Waals surface area contributed by atoms with Crippen molar-refractivity contribution < 1.29 is 9.53 Å². The number of hydrogen-bond donors (Lipinski definition) is 0. The number of hydrogen-bond acceptors (Lipinski definition) is 2. The van der Waals surface area contributed by atoms with Crippen molar-refractivity contribution in [2.24, 2.45) is 0 Å². The maximum Gasteiger partial charge on any atom is 0.330 e. The Balaban J connectivity index is 2.24. The van der Waals surface area contributed by atoms with E-state index in [1.807, 2.05) is 0 Å². The van der Waals surface area contributed by atoms with E-state index in [1.165, 1.54) is 12.5 Å². The molecule has 0 spiro atoms. The van der Waals surface area contributed by atoms with Gasteiger partial charge in [0.2, 0.25) is 0 Å². The largest absolute Gasteiger partial charge is 0.452 e. The summed E-state index contributed by atoms with van der Waals surface area (Å²) in [7, 11) is 0. The van der Waals surface area contributed by atoms with Gasteiger partial charge in [0, 0.05) is 6.08 Å². The van der Waals surface area contributed by atoms with Crippen LogP contribution in [0.15, 0.2) is 12.7 Å². The topological polar surface area (TPSA) is 26.3 Å². The van der Waals surface area contributed by atoms with Crippen molar-refractivity contribution in [2.75, 3.05) is 0 Å². The first-order valence-electron chi connectivity index (χ1n) is 4.02. The average Bonchev–Trinajstić information content (AvgIpc) is 2.06. The lowest BCUT2D eigenvalue weighted by Gasteiger charge is -2.19. The summed E-state index contributed by atoms with van der Waals surface area (Å²) in [5, 5.41) is 0. The van der Waals surface area contributed by atoms with Crippen molar-refractivity contribution in [1.29, 1.82) is 0 Å². The van der Waals surface area contributed by atoms with E-state index >= 15 is 0 Å². The molecule has 61 valence electrons. The van der Waals surface area contributed by atoms with Crippen LogP contribution in [0, 0.1) is 6.10 Å². The highest BCUT2D eigenvalue weighted by Gasteiger charge is 2.17.